The van der Waals surface area contributed by atoms with E-state index in [4.69, 9.17) is 4.74 Å². The lowest BCUT2D eigenvalue weighted by Gasteiger charge is -2.35. The lowest BCUT2D eigenvalue weighted by molar-refractivity contribution is -0.143. The first-order chi connectivity index (χ1) is 15.2. The molecule has 6 nitrogen and oxygen atoms in total. The molecule has 2 N–H and O–H groups in total. The number of nitrogens with one attached hydrogen (secondary N) is 1. The molecule has 3 heterocycles. The summed E-state index contributed by atoms with van der Waals surface area (Å²) in [5, 5.41) is 15.8. The highest BCUT2D eigenvalue weighted by Gasteiger charge is 2.60. The summed E-state index contributed by atoms with van der Waals surface area (Å²) in [7, 11) is 1.29. The second-order valence-electron chi connectivity index (χ2n) is 8.32. The number of halogens is 7. The van der Waals surface area contributed by atoms with Crippen LogP contribution in [0.15, 0.2) is 24.4 Å². The lowest BCUT2D eigenvalue weighted by Crippen LogP contribution is -2.48. The molecule has 2 aliphatic heterocycles. The van der Waals surface area contributed by atoms with Gasteiger partial charge in [0.1, 0.15) is 5.82 Å². The van der Waals surface area contributed by atoms with E-state index >= 15 is 0 Å². The average Bonchev–Trinajstić information content (AvgIpc) is 3.33. The van der Waals surface area contributed by atoms with Gasteiger partial charge < -0.3 is 15.2 Å². The molecule has 2 aliphatic rings. The lowest BCUT2D eigenvalue weighted by atomic mass is 9.68. The van der Waals surface area contributed by atoms with E-state index in [0.29, 0.717) is 12.1 Å². The van der Waals surface area contributed by atoms with Crippen molar-refractivity contribution >= 4 is 11.6 Å². The van der Waals surface area contributed by atoms with Gasteiger partial charge in [0.15, 0.2) is 5.69 Å². The first-order valence-corrected chi connectivity index (χ1v) is 9.82. The van der Waals surface area contributed by atoms with E-state index in [9.17, 15) is 40.6 Å². The number of aryl methyl sites for hydroxylation is 1. The van der Waals surface area contributed by atoms with Gasteiger partial charge in [-0.05, 0) is 31.0 Å². The Balaban J connectivity index is 1.67. The van der Waals surface area contributed by atoms with E-state index in [1.807, 2.05) is 0 Å². The van der Waals surface area contributed by atoms with Gasteiger partial charge in [-0.2, -0.15) is 31.4 Å². The fourth-order valence-electron chi connectivity index (χ4n) is 4.59. The van der Waals surface area contributed by atoms with Crippen LogP contribution in [0.3, 0.4) is 0 Å². The molecule has 33 heavy (non-hydrogen) atoms. The van der Waals surface area contributed by atoms with E-state index in [0.717, 1.165) is 16.9 Å². The van der Waals surface area contributed by atoms with Crippen LogP contribution in [0.4, 0.5) is 36.4 Å². The molecule has 1 amide bonds. The molecule has 0 aliphatic carbocycles. The van der Waals surface area contributed by atoms with Crippen LogP contribution in [0.5, 0.6) is 0 Å². The Labute approximate surface area is 182 Å². The summed E-state index contributed by atoms with van der Waals surface area (Å²) in [6, 6.07) is 1.80. The Morgan fingerprint density at radius 3 is 2.48 bits per heavy atom. The molecular weight excluding hydrogens is 463 g/mol. The number of rotatable bonds is 4. The molecule has 2 bridgehead atoms. The number of aliphatic hydroxyl groups is 1. The summed E-state index contributed by atoms with van der Waals surface area (Å²) in [5.41, 5.74) is -4.85. The zero-order valence-corrected chi connectivity index (χ0v) is 17.0. The molecule has 180 valence electrons. The Morgan fingerprint density at radius 1 is 1.27 bits per heavy atom. The number of carbonyl (C=O) groups excluding carboxylic acids is 1. The number of fused-ring (bicyclic) bond motifs is 2. The second-order valence-corrected chi connectivity index (χ2v) is 8.32. The number of aliphatic hydroxyl groups excluding tert-OH is 1. The molecular formula is C20H18F7N3O3. The summed E-state index contributed by atoms with van der Waals surface area (Å²) in [6.45, 7) is 0. The van der Waals surface area contributed by atoms with Crippen LogP contribution in [0.25, 0.3) is 0 Å². The quantitative estimate of drug-likeness (QED) is 0.654. The van der Waals surface area contributed by atoms with Gasteiger partial charge in [-0.3, -0.25) is 9.48 Å². The smallest absolute Gasteiger partial charge is 0.390 e. The number of ether oxygens (including phenoxy) is 1. The topological polar surface area (TPSA) is 76.4 Å². The zero-order valence-electron chi connectivity index (χ0n) is 17.0. The third-order valence-corrected chi connectivity index (χ3v) is 6.07. The standard InChI is InChI=1S/C20H18F7N3O3/c1-30-8-9(16(29-30)20(25,26)27)6-18(7-14-13(31)5-15(18)33-14)17(32)28-10-2-3-11(12(21)4-10)19(22,23)24/h2-4,8,13-15,31H,5-7H2,1H3,(H,28,32)/t13-,14+,15+,18-/m0/s1. The van der Waals surface area contributed by atoms with E-state index in [-0.39, 0.29) is 24.1 Å². The minimum atomic E-state index is -4.93. The van der Waals surface area contributed by atoms with Crippen LogP contribution in [-0.2, 0) is 35.4 Å². The number of benzene rings is 1. The predicted octanol–water partition coefficient (Wildman–Crippen LogP) is 3.69. The van der Waals surface area contributed by atoms with Crippen molar-refractivity contribution in [2.24, 2.45) is 12.5 Å². The summed E-state index contributed by atoms with van der Waals surface area (Å²) in [6.07, 6.45) is -11.8. The Hall–Kier alpha value is -2.67. The van der Waals surface area contributed by atoms with Crippen molar-refractivity contribution in [2.75, 3.05) is 5.32 Å². The number of hydrogen-bond donors (Lipinski definition) is 2. The Morgan fingerprint density at radius 2 is 1.97 bits per heavy atom. The first kappa shape index (κ1) is 23.5. The van der Waals surface area contributed by atoms with Gasteiger partial charge in [-0.15, -0.1) is 0 Å². The fraction of sp³-hybridized carbons (Fsp3) is 0.500. The fourth-order valence-corrected chi connectivity index (χ4v) is 4.59. The zero-order chi connectivity index (χ0) is 24.3. The Bertz CT molecular complexity index is 1080. The van der Waals surface area contributed by atoms with Crippen LogP contribution in [0.2, 0.25) is 0 Å². The molecule has 4 atom stereocenters. The molecule has 2 saturated heterocycles. The first-order valence-electron chi connectivity index (χ1n) is 9.82. The summed E-state index contributed by atoms with van der Waals surface area (Å²) < 4.78 is 99.3. The predicted molar refractivity (Wildman–Crippen MR) is 98.3 cm³/mol. The minimum Gasteiger partial charge on any atom is -0.390 e. The van der Waals surface area contributed by atoms with Crippen molar-refractivity contribution in [3.63, 3.8) is 0 Å². The van der Waals surface area contributed by atoms with Crippen molar-refractivity contribution in [3.05, 3.63) is 47.0 Å². The van der Waals surface area contributed by atoms with Gasteiger partial charge in [0.2, 0.25) is 5.91 Å². The number of hydrogen-bond acceptors (Lipinski definition) is 4. The third kappa shape index (κ3) is 4.19. The normalized spacial score (nSPS) is 27.2. The van der Waals surface area contributed by atoms with E-state index < -0.39 is 65.5 Å². The van der Waals surface area contributed by atoms with Crippen LogP contribution >= 0.6 is 0 Å². The van der Waals surface area contributed by atoms with Crippen LogP contribution in [0.1, 0.15) is 29.7 Å². The van der Waals surface area contributed by atoms with E-state index in [1.54, 1.807) is 0 Å². The van der Waals surface area contributed by atoms with E-state index in [1.165, 1.54) is 7.05 Å². The minimum absolute atomic E-state index is 0.0128. The van der Waals surface area contributed by atoms with Gasteiger partial charge in [-0.1, -0.05) is 0 Å². The average molecular weight is 481 g/mol. The van der Waals surface area contributed by atoms with E-state index in [2.05, 4.69) is 10.4 Å². The van der Waals surface area contributed by atoms with Crippen molar-refractivity contribution in [3.8, 4) is 0 Å². The molecule has 0 radical (unpaired) electrons. The van der Waals surface area contributed by atoms with Gasteiger partial charge in [0.05, 0.1) is 29.3 Å². The molecule has 0 unspecified atom stereocenters. The van der Waals surface area contributed by atoms with Crippen molar-refractivity contribution < 1.29 is 45.4 Å². The molecule has 2 fully saturated rings. The highest BCUT2D eigenvalue weighted by molar-refractivity contribution is 5.96. The van der Waals surface area contributed by atoms with Gasteiger partial charge >= 0.3 is 12.4 Å². The van der Waals surface area contributed by atoms with Crippen molar-refractivity contribution in [2.45, 2.75) is 49.9 Å². The third-order valence-electron chi connectivity index (χ3n) is 6.07. The second kappa shape index (κ2) is 7.69. The van der Waals surface area contributed by atoms with Crippen LogP contribution in [0, 0.1) is 11.2 Å². The summed E-state index contributed by atoms with van der Waals surface area (Å²) in [4.78, 5) is 13.3. The number of carbonyl (C=O) groups is 1. The maximum absolute atomic E-state index is 13.9. The molecule has 4 rings (SSSR count). The van der Waals surface area contributed by atoms with Crippen LogP contribution < -0.4 is 5.32 Å². The van der Waals surface area contributed by atoms with Gasteiger partial charge in [-0.25, -0.2) is 4.39 Å². The SMILES string of the molecule is Cn1cc(C[C@]2(C(=O)Nc3ccc(C(F)(F)F)c(F)c3)C[C@H]3O[C@@H]2C[C@@H]3O)c(C(F)(F)F)n1. The molecule has 0 saturated carbocycles. The number of alkyl halides is 6. The monoisotopic (exact) mass is 481 g/mol. The molecule has 0 spiro atoms. The van der Waals surface area contributed by atoms with Crippen molar-refractivity contribution in [1.82, 2.24) is 9.78 Å². The number of nitrogens with zero attached hydrogens (tertiary/aromatic N) is 2. The number of anilines is 1. The van der Waals surface area contributed by atoms with Crippen LogP contribution in [-0.4, -0.2) is 39.1 Å². The number of amides is 1. The van der Waals surface area contributed by atoms with Gasteiger partial charge in [0.25, 0.3) is 0 Å². The molecule has 2 aromatic rings. The Kier molecular flexibility index (Phi) is 5.47. The maximum Gasteiger partial charge on any atom is 0.435 e. The summed E-state index contributed by atoms with van der Waals surface area (Å²) >= 11 is 0. The maximum atomic E-state index is 13.9. The largest absolute Gasteiger partial charge is 0.435 e. The highest BCUT2D eigenvalue weighted by Crippen LogP contribution is 2.51. The highest BCUT2D eigenvalue weighted by atomic mass is 19.4. The van der Waals surface area contributed by atoms with Gasteiger partial charge in [0, 0.05) is 30.9 Å². The van der Waals surface area contributed by atoms with Crippen molar-refractivity contribution in [1.29, 1.82) is 0 Å². The molecule has 13 heteroatoms. The number of aromatic nitrogens is 2. The molecule has 1 aromatic carbocycles. The molecule has 1 aromatic heterocycles. The summed E-state index contributed by atoms with van der Waals surface area (Å²) in [5.74, 6) is -2.46.